The van der Waals surface area contributed by atoms with Gasteiger partial charge in [0.2, 0.25) is 5.91 Å². The van der Waals surface area contributed by atoms with Gasteiger partial charge in [0, 0.05) is 12.0 Å². The van der Waals surface area contributed by atoms with E-state index in [0.29, 0.717) is 24.3 Å². The number of hydrazine groups is 1. The normalized spacial score (nSPS) is 10.2. The largest absolute Gasteiger partial charge is 0.492 e. The molecule has 0 spiro atoms. The first-order chi connectivity index (χ1) is 11.1. The Labute approximate surface area is 146 Å². The summed E-state index contributed by atoms with van der Waals surface area (Å²) >= 11 is 3.41. The van der Waals surface area contributed by atoms with Crippen molar-refractivity contribution >= 4 is 27.7 Å². The van der Waals surface area contributed by atoms with Crippen LogP contribution in [0, 0.1) is 0 Å². The van der Waals surface area contributed by atoms with Gasteiger partial charge in [-0.25, -0.2) is 0 Å². The van der Waals surface area contributed by atoms with Crippen molar-refractivity contribution in [3.05, 3.63) is 28.2 Å². The molecule has 6 heteroatoms. The highest BCUT2D eigenvalue weighted by Crippen LogP contribution is 2.26. The molecule has 128 valence electrons. The molecule has 0 aromatic heterocycles. The molecular formula is C17H25BrN2O3. The van der Waals surface area contributed by atoms with Crippen LogP contribution in [0.5, 0.6) is 5.75 Å². The number of amides is 2. The summed E-state index contributed by atoms with van der Waals surface area (Å²) in [5, 5.41) is 0. The van der Waals surface area contributed by atoms with Crippen LogP contribution >= 0.6 is 15.9 Å². The Balaban J connectivity index is 2.48. The lowest BCUT2D eigenvalue weighted by molar-refractivity contribution is -0.121. The van der Waals surface area contributed by atoms with Crippen molar-refractivity contribution in [2.45, 2.75) is 52.4 Å². The molecule has 0 aliphatic carbocycles. The standard InChI is InChI=1S/C17H25BrN2O3/c1-3-5-6-7-11-23-15-10-9-13(12-14(15)18)17(22)20-19-16(21)8-4-2/h9-10,12H,3-8,11H2,1-2H3,(H,19,21)(H,20,22). The van der Waals surface area contributed by atoms with Crippen LogP contribution in [0.25, 0.3) is 0 Å². The van der Waals surface area contributed by atoms with E-state index in [1.807, 2.05) is 6.92 Å². The molecule has 0 heterocycles. The maximum absolute atomic E-state index is 12.0. The van der Waals surface area contributed by atoms with Gasteiger partial charge in [0.25, 0.3) is 5.91 Å². The highest BCUT2D eigenvalue weighted by molar-refractivity contribution is 9.10. The van der Waals surface area contributed by atoms with Crippen molar-refractivity contribution in [1.29, 1.82) is 0 Å². The third-order valence-electron chi connectivity index (χ3n) is 3.24. The predicted molar refractivity (Wildman–Crippen MR) is 94.3 cm³/mol. The highest BCUT2D eigenvalue weighted by Gasteiger charge is 2.10. The fourth-order valence-electron chi connectivity index (χ4n) is 1.96. The summed E-state index contributed by atoms with van der Waals surface area (Å²) in [5.41, 5.74) is 5.23. The number of nitrogens with one attached hydrogen (secondary N) is 2. The zero-order valence-electron chi connectivity index (χ0n) is 13.8. The van der Waals surface area contributed by atoms with Gasteiger partial charge in [-0.3, -0.25) is 20.4 Å². The van der Waals surface area contributed by atoms with Crippen molar-refractivity contribution in [3.63, 3.8) is 0 Å². The smallest absolute Gasteiger partial charge is 0.269 e. The number of ether oxygens (including phenoxy) is 1. The second-order valence-corrected chi connectivity index (χ2v) is 6.16. The average molecular weight is 385 g/mol. The van der Waals surface area contributed by atoms with Gasteiger partial charge in [-0.2, -0.15) is 0 Å². The van der Waals surface area contributed by atoms with Gasteiger partial charge >= 0.3 is 0 Å². The maximum atomic E-state index is 12.0. The zero-order valence-corrected chi connectivity index (χ0v) is 15.4. The molecule has 0 aliphatic heterocycles. The summed E-state index contributed by atoms with van der Waals surface area (Å²) in [4.78, 5) is 23.3. The minimum absolute atomic E-state index is 0.202. The number of hydrogen-bond donors (Lipinski definition) is 2. The second kappa shape index (κ2) is 11.0. The minimum atomic E-state index is -0.357. The number of carbonyl (C=O) groups is 2. The molecule has 0 fully saturated rings. The average Bonchev–Trinajstić information content (AvgIpc) is 2.54. The van der Waals surface area contributed by atoms with E-state index in [0.717, 1.165) is 23.7 Å². The third-order valence-corrected chi connectivity index (χ3v) is 3.86. The Morgan fingerprint density at radius 1 is 1.09 bits per heavy atom. The summed E-state index contributed by atoms with van der Waals surface area (Å²) in [7, 11) is 0. The third kappa shape index (κ3) is 7.50. The van der Waals surface area contributed by atoms with Crippen molar-refractivity contribution in [2.24, 2.45) is 0 Å². The molecule has 0 bridgehead atoms. The molecule has 0 saturated heterocycles. The van der Waals surface area contributed by atoms with Crippen LogP contribution in [0.15, 0.2) is 22.7 Å². The Hall–Kier alpha value is -1.56. The van der Waals surface area contributed by atoms with E-state index in [4.69, 9.17) is 4.74 Å². The van der Waals surface area contributed by atoms with Crippen LogP contribution in [-0.4, -0.2) is 18.4 Å². The molecule has 1 rings (SSSR count). The van der Waals surface area contributed by atoms with Crippen LogP contribution in [-0.2, 0) is 4.79 Å². The lowest BCUT2D eigenvalue weighted by Gasteiger charge is -2.10. The van der Waals surface area contributed by atoms with Crippen molar-refractivity contribution in [2.75, 3.05) is 6.61 Å². The number of unbranched alkanes of at least 4 members (excludes halogenated alkanes) is 3. The number of rotatable bonds is 9. The van der Waals surface area contributed by atoms with E-state index < -0.39 is 0 Å². The lowest BCUT2D eigenvalue weighted by atomic mass is 10.2. The maximum Gasteiger partial charge on any atom is 0.269 e. The van der Waals surface area contributed by atoms with Crippen molar-refractivity contribution in [3.8, 4) is 5.75 Å². The monoisotopic (exact) mass is 384 g/mol. The van der Waals surface area contributed by atoms with Crippen LogP contribution < -0.4 is 15.6 Å². The fourth-order valence-corrected chi connectivity index (χ4v) is 2.45. The molecule has 5 nitrogen and oxygen atoms in total. The van der Waals surface area contributed by atoms with Crippen molar-refractivity contribution in [1.82, 2.24) is 10.9 Å². The Kier molecular flexibility index (Phi) is 9.36. The first kappa shape index (κ1) is 19.5. The first-order valence-corrected chi connectivity index (χ1v) is 8.89. The molecule has 0 radical (unpaired) electrons. The minimum Gasteiger partial charge on any atom is -0.492 e. The van der Waals surface area contributed by atoms with Gasteiger partial charge in [0.15, 0.2) is 0 Å². The molecule has 2 amide bonds. The predicted octanol–water partition coefficient (Wildman–Crippen LogP) is 3.97. The molecule has 0 atom stereocenters. The molecule has 2 N–H and O–H groups in total. The number of hydrogen-bond acceptors (Lipinski definition) is 3. The van der Waals surface area contributed by atoms with E-state index in [1.165, 1.54) is 12.8 Å². The molecule has 0 aliphatic rings. The Morgan fingerprint density at radius 2 is 1.87 bits per heavy atom. The van der Waals surface area contributed by atoms with Crippen molar-refractivity contribution < 1.29 is 14.3 Å². The Morgan fingerprint density at radius 3 is 2.52 bits per heavy atom. The van der Waals surface area contributed by atoms with E-state index in [1.54, 1.807) is 18.2 Å². The van der Waals surface area contributed by atoms with E-state index in [2.05, 4.69) is 33.7 Å². The molecule has 23 heavy (non-hydrogen) atoms. The van der Waals surface area contributed by atoms with Gasteiger partial charge in [-0.1, -0.05) is 33.1 Å². The van der Waals surface area contributed by atoms with Gasteiger partial charge < -0.3 is 4.74 Å². The summed E-state index contributed by atoms with van der Waals surface area (Å²) < 4.78 is 6.42. The summed E-state index contributed by atoms with van der Waals surface area (Å²) in [5.74, 6) is 0.157. The number of carbonyl (C=O) groups excluding carboxylic acids is 2. The first-order valence-electron chi connectivity index (χ1n) is 8.10. The van der Waals surface area contributed by atoms with Gasteiger partial charge in [-0.15, -0.1) is 0 Å². The number of halogens is 1. The summed E-state index contributed by atoms with van der Waals surface area (Å²) in [6.45, 7) is 4.74. The van der Waals surface area contributed by atoms with E-state index >= 15 is 0 Å². The second-order valence-electron chi connectivity index (χ2n) is 5.31. The summed E-state index contributed by atoms with van der Waals surface area (Å²) in [6, 6.07) is 5.11. The fraction of sp³-hybridized carbons (Fsp3) is 0.529. The Bertz CT molecular complexity index is 521. The van der Waals surface area contributed by atoms with Crippen LogP contribution in [0.4, 0.5) is 0 Å². The van der Waals surface area contributed by atoms with E-state index in [-0.39, 0.29) is 11.8 Å². The molecule has 0 saturated carbocycles. The summed E-state index contributed by atoms with van der Waals surface area (Å²) in [6.07, 6.45) is 5.71. The molecule has 0 unspecified atom stereocenters. The highest BCUT2D eigenvalue weighted by atomic mass is 79.9. The molecule has 1 aromatic rings. The van der Waals surface area contributed by atoms with Crippen LogP contribution in [0.1, 0.15) is 62.7 Å². The SMILES string of the molecule is CCCCCCOc1ccc(C(=O)NNC(=O)CCC)cc1Br. The van der Waals surface area contributed by atoms with Crippen LogP contribution in [0.2, 0.25) is 0 Å². The van der Waals surface area contributed by atoms with Gasteiger partial charge in [-0.05, 0) is 47.0 Å². The molecular weight excluding hydrogens is 360 g/mol. The van der Waals surface area contributed by atoms with E-state index in [9.17, 15) is 9.59 Å². The number of benzene rings is 1. The zero-order chi connectivity index (χ0) is 17.1. The quantitative estimate of drug-likeness (QED) is 0.499. The van der Waals surface area contributed by atoms with Gasteiger partial charge in [0.05, 0.1) is 11.1 Å². The van der Waals surface area contributed by atoms with Gasteiger partial charge in [0.1, 0.15) is 5.75 Å². The molecule has 1 aromatic carbocycles. The topological polar surface area (TPSA) is 67.4 Å². The van der Waals surface area contributed by atoms with Crippen LogP contribution in [0.3, 0.4) is 0 Å². The lowest BCUT2D eigenvalue weighted by Crippen LogP contribution is -2.41.